The SMILES string of the molecule is O=C(Nc1ccc(F)c(Cl)c1)C1CC(=O)N(CCCc2ccccc2)C1. The van der Waals surface area contributed by atoms with Gasteiger partial charge in [-0.1, -0.05) is 41.9 Å². The zero-order chi connectivity index (χ0) is 18.5. The predicted molar refractivity (Wildman–Crippen MR) is 99.5 cm³/mol. The topological polar surface area (TPSA) is 49.4 Å². The maximum atomic E-state index is 13.2. The molecule has 2 aromatic rings. The highest BCUT2D eigenvalue weighted by molar-refractivity contribution is 6.31. The van der Waals surface area contributed by atoms with Crippen LogP contribution >= 0.6 is 11.6 Å². The first-order valence-electron chi connectivity index (χ1n) is 8.60. The number of halogens is 2. The van der Waals surface area contributed by atoms with Gasteiger partial charge in [0, 0.05) is 25.2 Å². The number of aryl methyl sites for hydroxylation is 1. The van der Waals surface area contributed by atoms with Gasteiger partial charge in [0.2, 0.25) is 11.8 Å². The zero-order valence-corrected chi connectivity index (χ0v) is 15.0. The van der Waals surface area contributed by atoms with Crippen LogP contribution in [0.2, 0.25) is 5.02 Å². The normalized spacial score (nSPS) is 16.8. The van der Waals surface area contributed by atoms with Crippen molar-refractivity contribution in [1.29, 1.82) is 0 Å². The Labute approximate surface area is 157 Å². The lowest BCUT2D eigenvalue weighted by atomic mass is 10.1. The van der Waals surface area contributed by atoms with Gasteiger partial charge >= 0.3 is 0 Å². The lowest BCUT2D eigenvalue weighted by Crippen LogP contribution is -2.29. The smallest absolute Gasteiger partial charge is 0.229 e. The van der Waals surface area contributed by atoms with E-state index in [1.54, 1.807) is 4.90 Å². The lowest BCUT2D eigenvalue weighted by molar-refractivity contribution is -0.128. The van der Waals surface area contributed by atoms with Crippen LogP contribution in [0.4, 0.5) is 10.1 Å². The zero-order valence-electron chi connectivity index (χ0n) is 14.3. The van der Waals surface area contributed by atoms with Crippen molar-refractivity contribution < 1.29 is 14.0 Å². The average molecular weight is 375 g/mol. The Balaban J connectivity index is 1.50. The first kappa shape index (κ1) is 18.4. The number of carbonyl (C=O) groups excluding carboxylic acids is 2. The molecule has 1 atom stereocenters. The molecule has 136 valence electrons. The van der Waals surface area contributed by atoms with Gasteiger partial charge in [-0.2, -0.15) is 0 Å². The van der Waals surface area contributed by atoms with Crippen molar-refractivity contribution >= 4 is 29.1 Å². The summed E-state index contributed by atoms with van der Waals surface area (Å²) in [4.78, 5) is 26.3. The van der Waals surface area contributed by atoms with E-state index in [9.17, 15) is 14.0 Å². The second-order valence-electron chi connectivity index (χ2n) is 6.45. The number of carbonyl (C=O) groups is 2. The van der Waals surface area contributed by atoms with Crippen molar-refractivity contribution in [2.24, 2.45) is 5.92 Å². The van der Waals surface area contributed by atoms with Crippen LogP contribution in [0.15, 0.2) is 48.5 Å². The van der Waals surface area contributed by atoms with Gasteiger partial charge in [-0.15, -0.1) is 0 Å². The van der Waals surface area contributed by atoms with E-state index in [4.69, 9.17) is 11.6 Å². The molecule has 3 rings (SSSR count). The van der Waals surface area contributed by atoms with Crippen LogP contribution in [0.3, 0.4) is 0 Å². The molecule has 1 aliphatic rings. The van der Waals surface area contributed by atoms with E-state index in [1.165, 1.54) is 23.8 Å². The van der Waals surface area contributed by atoms with Crippen molar-refractivity contribution in [2.45, 2.75) is 19.3 Å². The van der Waals surface area contributed by atoms with E-state index in [2.05, 4.69) is 17.4 Å². The molecule has 1 unspecified atom stereocenters. The fraction of sp³-hybridized carbons (Fsp3) is 0.300. The minimum Gasteiger partial charge on any atom is -0.342 e. The highest BCUT2D eigenvalue weighted by Crippen LogP contribution is 2.23. The van der Waals surface area contributed by atoms with Gasteiger partial charge in [0.15, 0.2) is 0 Å². The van der Waals surface area contributed by atoms with E-state index in [-0.39, 0.29) is 23.3 Å². The van der Waals surface area contributed by atoms with Gasteiger partial charge in [0.1, 0.15) is 5.82 Å². The number of benzene rings is 2. The standard InChI is InChI=1S/C20H20ClFN2O2/c21-17-12-16(8-9-18(17)22)23-20(26)15-11-19(25)24(13-15)10-4-7-14-5-2-1-3-6-14/h1-3,5-6,8-9,12,15H,4,7,10-11,13H2,(H,23,26). The third-order valence-corrected chi connectivity index (χ3v) is 4.80. The molecule has 2 amide bonds. The second kappa shape index (κ2) is 8.32. The van der Waals surface area contributed by atoms with E-state index in [0.29, 0.717) is 18.8 Å². The van der Waals surface area contributed by atoms with Crippen LogP contribution in [0.1, 0.15) is 18.4 Å². The Hall–Kier alpha value is -2.40. The maximum Gasteiger partial charge on any atom is 0.229 e. The summed E-state index contributed by atoms with van der Waals surface area (Å²) in [6.07, 6.45) is 1.96. The number of nitrogens with zero attached hydrogens (tertiary/aromatic N) is 1. The molecule has 26 heavy (non-hydrogen) atoms. The molecule has 1 saturated heterocycles. The van der Waals surface area contributed by atoms with Crippen molar-refractivity contribution in [3.05, 3.63) is 64.9 Å². The molecule has 0 radical (unpaired) electrons. The van der Waals surface area contributed by atoms with Crippen LogP contribution in [0.25, 0.3) is 0 Å². The first-order valence-corrected chi connectivity index (χ1v) is 8.98. The second-order valence-corrected chi connectivity index (χ2v) is 6.86. The van der Waals surface area contributed by atoms with Crippen LogP contribution in [0, 0.1) is 11.7 Å². The van der Waals surface area contributed by atoms with Gasteiger partial charge in [-0.05, 0) is 36.6 Å². The van der Waals surface area contributed by atoms with Gasteiger partial charge in [0.25, 0.3) is 0 Å². The summed E-state index contributed by atoms with van der Waals surface area (Å²) < 4.78 is 13.2. The lowest BCUT2D eigenvalue weighted by Gasteiger charge is -2.16. The molecular formula is C20H20ClFN2O2. The summed E-state index contributed by atoms with van der Waals surface area (Å²) >= 11 is 5.72. The summed E-state index contributed by atoms with van der Waals surface area (Å²) in [5.41, 5.74) is 1.66. The van der Waals surface area contributed by atoms with Crippen LogP contribution in [0.5, 0.6) is 0 Å². The molecule has 1 aliphatic heterocycles. The highest BCUT2D eigenvalue weighted by atomic mass is 35.5. The third kappa shape index (κ3) is 4.61. The van der Waals surface area contributed by atoms with Crippen molar-refractivity contribution in [1.82, 2.24) is 4.90 Å². The van der Waals surface area contributed by atoms with E-state index < -0.39 is 11.7 Å². The largest absolute Gasteiger partial charge is 0.342 e. The number of amides is 2. The van der Waals surface area contributed by atoms with E-state index in [0.717, 1.165) is 12.8 Å². The van der Waals surface area contributed by atoms with Gasteiger partial charge < -0.3 is 10.2 Å². The third-order valence-electron chi connectivity index (χ3n) is 4.51. The maximum absolute atomic E-state index is 13.2. The summed E-state index contributed by atoms with van der Waals surface area (Å²) in [6, 6.07) is 14.1. The average Bonchev–Trinajstić information content (AvgIpc) is 3.00. The van der Waals surface area contributed by atoms with Gasteiger partial charge in [-0.25, -0.2) is 4.39 Å². The molecule has 1 heterocycles. The van der Waals surface area contributed by atoms with E-state index >= 15 is 0 Å². The fourth-order valence-electron chi connectivity index (χ4n) is 3.10. The van der Waals surface area contributed by atoms with Gasteiger partial charge in [-0.3, -0.25) is 9.59 Å². The molecule has 0 bridgehead atoms. The highest BCUT2D eigenvalue weighted by Gasteiger charge is 2.33. The van der Waals surface area contributed by atoms with Crippen molar-refractivity contribution in [3.63, 3.8) is 0 Å². The molecule has 4 nitrogen and oxygen atoms in total. The minimum absolute atomic E-state index is 0.00431. The summed E-state index contributed by atoms with van der Waals surface area (Å²) in [6.45, 7) is 1.05. The molecule has 1 N–H and O–H groups in total. The van der Waals surface area contributed by atoms with E-state index in [1.807, 2.05) is 18.2 Å². The first-order chi connectivity index (χ1) is 12.5. The Morgan fingerprint density at radius 2 is 2.00 bits per heavy atom. The monoisotopic (exact) mass is 374 g/mol. The fourth-order valence-corrected chi connectivity index (χ4v) is 3.28. The molecule has 0 aromatic heterocycles. The minimum atomic E-state index is -0.537. The Kier molecular flexibility index (Phi) is 5.89. The summed E-state index contributed by atoms with van der Waals surface area (Å²) in [5.74, 6) is -1.18. The molecule has 1 fully saturated rings. The Morgan fingerprint density at radius 1 is 1.23 bits per heavy atom. The number of hydrogen-bond acceptors (Lipinski definition) is 2. The summed E-state index contributed by atoms with van der Waals surface area (Å²) in [5, 5.41) is 2.66. The molecule has 0 aliphatic carbocycles. The van der Waals surface area contributed by atoms with Crippen LogP contribution < -0.4 is 5.32 Å². The number of likely N-dealkylation sites (tertiary alicyclic amines) is 1. The summed E-state index contributed by atoms with van der Waals surface area (Å²) in [7, 11) is 0. The number of nitrogens with one attached hydrogen (secondary N) is 1. The molecule has 6 heteroatoms. The molecule has 2 aromatic carbocycles. The quantitative estimate of drug-likeness (QED) is 0.833. The van der Waals surface area contributed by atoms with Crippen molar-refractivity contribution in [2.75, 3.05) is 18.4 Å². The Bertz CT molecular complexity index is 798. The molecule has 0 saturated carbocycles. The number of rotatable bonds is 6. The molecular weight excluding hydrogens is 355 g/mol. The van der Waals surface area contributed by atoms with Crippen LogP contribution in [-0.4, -0.2) is 29.8 Å². The molecule has 0 spiro atoms. The van der Waals surface area contributed by atoms with Crippen LogP contribution in [-0.2, 0) is 16.0 Å². The predicted octanol–water partition coefficient (Wildman–Crippen LogP) is 3.90. The van der Waals surface area contributed by atoms with Gasteiger partial charge in [0.05, 0.1) is 10.9 Å². The number of anilines is 1. The Morgan fingerprint density at radius 3 is 2.73 bits per heavy atom. The van der Waals surface area contributed by atoms with Crippen molar-refractivity contribution in [3.8, 4) is 0 Å². The number of hydrogen-bond donors (Lipinski definition) is 1.